The molecule has 0 saturated carbocycles. The maximum absolute atomic E-state index is 6.22. The number of nitrogens with zero attached hydrogens (tertiary/aromatic N) is 2. The molecule has 1 aliphatic rings. The third-order valence-corrected chi connectivity index (χ3v) is 4.59. The van der Waals surface area contributed by atoms with E-state index in [1.807, 2.05) is 0 Å². The molecule has 1 heterocycles. The minimum atomic E-state index is 0.941. The van der Waals surface area contributed by atoms with Crippen LogP contribution in [0.1, 0.15) is 71.1 Å². The van der Waals surface area contributed by atoms with Crippen LogP contribution in [0.3, 0.4) is 0 Å². The van der Waals surface area contributed by atoms with E-state index in [0.717, 1.165) is 24.9 Å². The van der Waals surface area contributed by atoms with E-state index in [4.69, 9.17) is 11.6 Å². The number of hydrogen-bond donors (Lipinski definition) is 0. The fourth-order valence-electron chi connectivity index (χ4n) is 2.69. The zero-order chi connectivity index (χ0) is 13.9. The van der Waals surface area contributed by atoms with E-state index in [-0.39, 0.29) is 0 Å². The van der Waals surface area contributed by atoms with Crippen LogP contribution in [0.4, 0.5) is 0 Å². The Morgan fingerprint density at radius 3 is 1.95 bits per heavy atom. The maximum atomic E-state index is 6.22. The van der Waals surface area contributed by atoms with Crippen molar-refractivity contribution in [2.45, 2.75) is 71.1 Å². The highest BCUT2D eigenvalue weighted by atomic mass is 35.5. The molecule has 0 amide bonds. The molecule has 19 heavy (non-hydrogen) atoms. The van der Waals surface area contributed by atoms with Gasteiger partial charge in [-0.25, -0.2) is 4.90 Å². The Morgan fingerprint density at radius 2 is 1.47 bits per heavy atom. The SMILES string of the molecule is CCCCCCCCCCCCN1CC[N+](C)=C1Cl. The van der Waals surface area contributed by atoms with Gasteiger partial charge in [-0.05, 0) is 12.8 Å². The minimum Gasteiger partial charge on any atom is -0.250 e. The number of amidine groups is 1. The highest BCUT2D eigenvalue weighted by molar-refractivity contribution is 6.63. The second-order valence-corrected chi connectivity index (χ2v) is 6.20. The van der Waals surface area contributed by atoms with Gasteiger partial charge >= 0.3 is 5.29 Å². The van der Waals surface area contributed by atoms with Crippen LogP contribution in [0.2, 0.25) is 0 Å². The first-order valence-electron chi connectivity index (χ1n) is 8.24. The highest BCUT2D eigenvalue weighted by Gasteiger charge is 2.25. The summed E-state index contributed by atoms with van der Waals surface area (Å²) in [5.41, 5.74) is 0. The van der Waals surface area contributed by atoms with Crippen molar-refractivity contribution < 1.29 is 4.58 Å². The Bertz CT molecular complexity index is 263. The molecular weight excluding hydrogens is 256 g/mol. The second kappa shape index (κ2) is 10.5. The van der Waals surface area contributed by atoms with Gasteiger partial charge in [-0.15, -0.1) is 0 Å². The van der Waals surface area contributed by atoms with Crippen molar-refractivity contribution in [1.29, 1.82) is 0 Å². The average molecular weight is 288 g/mol. The smallest absolute Gasteiger partial charge is 0.250 e. The van der Waals surface area contributed by atoms with E-state index in [1.54, 1.807) is 0 Å². The molecule has 0 fully saturated rings. The molecule has 112 valence electrons. The highest BCUT2D eigenvalue weighted by Crippen LogP contribution is 2.12. The van der Waals surface area contributed by atoms with Gasteiger partial charge in [0, 0.05) is 11.6 Å². The second-order valence-electron chi connectivity index (χ2n) is 5.86. The van der Waals surface area contributed by atoms with Gasteiger partial charge in [0.2, 0.25) is 0 Å². The van der Waals surface area contributed by atoms with Crippen LogP contribution in [0.25, 0.3) is 0 Å². The zero-order valence-electron chi connectivity index (χ0n) is 13.0. The fraction of sp³-hybridized carbons (Fsp3) is 0.938. The summed E-state index contributed by atoms with van der Waals surface area (Å²) >= 11 is 6.22. The molecule has 0 unspecified atom stereocenters. The van der Waals surface area contributed by atoms with E-state index in [9.17, 15) is 0 Å². The van der Waals surface area contributed by atoms with Crippen molar-refractivity contribution in [3.8, 4) is 0 Å². The topological polar surface area (TPSA) is 6.25 Å². The molecule has 0 radical (unpaired) electrons. The first-order valence-corrected chi connectivity index (χ1v) is 8.62. The monoisotopic (exact) mass is 287 g/mol. The Kier molecular flexibility index (Phi) is 9.32. The van der Waals surface area contributed by atoms with Crippen LogP contribution in [0.15, 0.2) is 0 Å². The summed E-state index contributed by atoms with van der Waals surface area (Å²) in [5.74, 6) is 0. The zero-order valence-corrected chi connectivity index (χ0v) is 13.7. The molecule has 0 N–H and O–H groups in total. The lowest BCUT2D eigenvalue weighted by molar-refractivity contribution is -0.484. The van der Waals surface area contributed by atoms with E-state index >= 15 is 0 Å². The van der Waals surface area contributed by atoms with Crippen molar-refractivity contribution in [1.82, 2.24) is 4.90 Å². The van der Waals surface area contributed by atoms with Crippen LogP contribution in [-0.4, -0.2) is 41.5 Å². The predicted octanol–water partition coefficient (Wildman–Crippen LogP) is 4.46. The molecule has 0 atom stereocenters. The van der Waals surface area contributed by atoms with Gasteiger partial charge in [0.05, 0.1) is 13.6 Å². The van der Waals surface area contributed by atoms with Gasteiger partial charge in [0.1, 0.15) is 13.1 Å². The lowest BCUT2D eigenvalue weighted by Gasteiger charge is -2.08. The van der Waals surface area contributed by atoms with Crippen LogP contribution in [0, 0.1) is 0 Å². The van der Waals surface area contributed by atoms with Crippen molar-refractivity contribution in [3.05, 3.63) is 0 Å². The van der Waals surface area contributed by atoms with Gasteiger partial charge in [-0.1, -0.05) is 58.3 Å². The molecule has 2 nitrogen and oxygen atoms in total. The fourth-order valence-corrected chi connectivity index (χ4v) is 2.94. The number of hydrogen-bond acceptors (Lipinski definition) is 1. The largest absolute Gasteiger partial charge is 0.345 e. The molecule has 0 aromatic rings. The first-order chi connectivity index (χ1) is 9.25. The molecule has 0 bridgehead atoms. The number of rotatable bonds is 11. The molecule has 1 rings (SSSR count). The standard InChI is InChI=1S/C16H32ClN2/c1-3-4-5-6-7-8-9-10-11-12-13-19-15-14-18(2)16(19)17/h3-15H2,1-2H3/q+1. The lowest BCUT2D eigenvalue weighted by Crippen LogP contribution is -2.26. The Labute approximate surface area is 124 Å². The molecule has 0 aromatic heterocycles. The Balaban J connectivity index is 1.84. The number of unbranched alkanes of at least 4 members (excludes halogenated alkanes) is 9. The van der Waals surface area contributed by atoms with Gasteiger partial charge in [0.15, 0.2) is 0 Å². The third kappa shape index (κ3) is 7.20. The first kappa shape index (κ1) is 16.8. The minimum absolute atomic E-state index is 0.941. The molecule has 0 saturated heterocycles. The molecule has 0 aromatic carbocycles. The molecule has 0 aliphatic carbocycles. The van der Waals surface area contributed by atoms with Gasteiger partial charge in [-0.3, -0.25) is 4.58 Å². The predicted molar refractivity (Wildman–Crippen MR) is 85.3 cm³/mol. The maximum Gasteiger partial charge on any atom is 0.345 e. The van der Waals surface area contributed by atoms with Crippen LogP contribution >= 0.6 is 11.6 Å². The summed E-state index contributed by atoms with van der Waals surface area (Å²) < 4.78 is 2.14. The Morgan fingerprint density at radius 1 is 0.947 bits per heavy atom. The van der Waals surface area contributed by atoms with E-state index in [1.165, 1.54) is 64.2 Å². The van der Waals surface area contributed by atoms with Gasteiger partial charge in [0.25, 0.3) is 0 Å². The number of likely N-dealkylation sites (N-methyl/N-ethyl adjacent to an activating group) is 1. The van der Waals surface area contributed by atoms with Crippen LogP contribution in [-0.2, 0) is 0 Å². The average Bonchev–Trinajstić information content (AvgIpc) is 2.73. The van der Waals surface area contributed by atoms with Crippen molar-refractivity contribution in [3.63, 3.8) is 0 Å². The molecule has 0 spiro atoms. The molecular formula is C16H32ClN2+. The van der Waals surface area contributed by atoms with Crippen LogP contribution < -0.4 is 0 Å². The summed E-state index contributed by atoms with van der Waals surface area (Å²) in [6, 6.07) is 0. The lowest BCUT2D eigenvalue weighted by atomic mass is 10.1. The van der Waals surface area contributed by atoms with Gasteiger partial charge < -0.3 is 0 Å². The summed E-state index contributed by atoms with van der Waals surface area (Å²) in [7, 11) is 2.07. The molecule has 1 aliphatic heterocycles. The van der Waals surface area contributed by atoms with Gasteiger partial charge in [-0.2, -0.15) is 0 Å². The summed E-state index contributed by atoms with van der Waals surface area (Å²) in [6.07, 6.45) is 14.0. The van der Waals surface area contributed by atoms with Crippen LogP contribution in [0.5, 0.6) is 0 Å². The Hall–Kier alpha value is -0.240. The van der Waals surface area contributed by atoms with E-state index in [0.29, 0.717) is 0 Å². The van der Waals surface area contributed by atoms with Crippen molar-refractivity contribution in [2.24, 2.45) is 0 Å². The quantitative estimate of drug-likeness (QED) is 0.309. The molecule has 3 heteroatoms. The van der Waals surface area contributed by atoms with Crippen molar-refractivity contribution >= 4 is 16.9 Å². The van der Waals surface area contributed by atoms with E-state index < -0.39 is 0 Å². The summed E-state index contributed by atoms with van der Waals surface area (Å²) in [5, 5.41) is 0.941. The number of halogens is 1. The summed E-state index contributed by atoms with van der Waals surface area (Å²) in [4.78, 5) is 2.31. The third-order valence-electron chi connectivity index (χ3n) is 4.06. The normalized spacial score (nSPS) is 15.6. The van der Waals surface area contributed by atoms with E-state index in [2.05, 4.69) is 23.4 Å². The summed E-state index contributed by atoms with van der Waals surface area (Å²) in [6.45, 7) is 5.60. The van der Waals surface area contributed by atoms with Crippen molar-refractivity contribution in [2.75, 3.05) is 26.7 Å².